The number of benzene rings is 1. The van der Waals surface area contributed by atoms with Gasteiger partial charge in [-0.25, -0.2) is 4.98 Å². The summed E-state index contributed by atoms with van der Waals surface area (Å²) in [6, 6.07) is 9.57. The van der Waals surface area contributed by atoms with Gasteiger partial charge < -0.3 is 15.4 Å². The van der Waals surface area contributed by atoms with Gasteiger partial charge in [0.25, 0.3) is 0 Å². The van der Waals surface area contributed by atoms with Crippen molar-refractivity contribution in [1.82, 2.24) is 24.6 Å². The predicted octanol–water partition coefficient (Wildman–Crippen LogP) is 4.03. The molecule has 7 nitrogen and oxygen atoms in total. The van der Waals surface area contributed by atoms with Gasteiger partial charge in [0.1, 0.15) is 11.5 Å². The van der Waals surface area contributed by atoms with E-state index in [4.69, 9.17) is 10.5 Å². The fourth-order valence-electron chi connectivity index (χ4n) is 3.62. The maximum Gasteiger partial charge on any atom is 0.181 e. The summed E-state index contributed by atoms with van der Waals surface area (Å²) in [5.74, 6) is 1.48. The van der Waals surface area contributed by atoms with Crippen molar-refractivity contribution in [2.24, 2.45) is 0 Å². The highest BCUT2D eigenvalue weighted by molar-refractivity contribution is 7.22. The van der Waals surface area contributed by atoms with E-state index in [2.05, 4.69) is 20.0 Å². The molecule has 0 saturated carbocycles. The number of hydrogen-bond acceptors (Lipinski definition) is 7. The maximum atomic E-state index is 6.04. The molecule has 3 aromatic heterocycles. The highest BCUT2D eigenvalue weighted by Crippen LogP contribution is 2.31. The van der Waals surface area contributed by atoms with E-state index in [1.807, 2.05) is 47.4 Å². The summed E-state index contributed by atoms with van der Waals surface area (Å²) in [6.07, 6.45) is 8.29. The summed E-state index contributed by atoms with van der Waals surface area (Å²) in [7, 11) is 0. The van der Waals surface area contributed by atoms with Crippen LogP contribution in [0.1, 0.15) is 12.8 Å². The normalized spacial score (nSPS) is 14.6. The summed E-state index contributed by atoms with van der Waals surface area (Å²) in [5.41, 5.74) is 8.50. The van der Waals surface area contributed by atoms with E-state index in [1.54, 1.807) is 6.20 Å². The number of nitrogen functional groups attached to an aromatic ring is 1. The molecule has 0 aliphatic carbocycles. The minimum absolute atomic E-state index is 0.560. The third kappa shape index (κ3) is 4.08. The van der Waals surface area contributed by atoms with Gasteiger partial charge in [-0.15, -0.1) is 0 Å². The minimum atomic E-state index is 0.560. The molecule has 1 saturated heterocycles. The van der Waals surface area contributed by atoms with Gasteiger partial charge in [-0.05, 0) is 44.1 Å². The van der Waals surface area contributed by atoms with Crippen molar-refractivity contribution in [2.75, 3.05) is 25.4 Å². The minimum Gasteiger partial charge on any atom is -0.457 e. The van der Waals surface area contributed by atoms with Gasteiger partial charge in [-0.1, -0.05) is 11.3 Å². The lowest BCUT2D eigenvalue weighted by Gasteiger charge is -2.13. The third-order valence-electron chi connectivity index (χ3n) is 5.12. The summed E-state index contributed by atoms with van der Waals surface area (Å²) in [6.45, 7) is 4.35. The number of thiazole rings is 1. The van der Waals surface area contributed by atoms with Gasteiger partial charge in [-0.2, -0.15) is 5.10 Å². The van der Waals surface area contributed by atoms with E-state index < -0.39 is 0 Å². The summed E-state index contributed by atoms with van der Waals surface area (Å²) in [4.78, 5) is 11.3. The molecule has 5 rings (SSSR count). The maximum absolute atomic E-state index is 6.04. The largest absolute Gasteiger partial charge is 0.457 e. The predicted molar refractivity (Wildman–Crippen MR) is 115 cm³/mol. The Hall–Kier alpha value is -2.97. The van der Waals surface area contributed by atoms with E-state index in [0.717, 1.165) is 46.1 Å². The number of rotatable bonds is 6. The third-order valence-corrected chi connectivity index (χ3v) is 5.96. The van der Waals surface area contributed by atoms with Crippen molar-refractivity contribution in [1.29, 1.82) is 0 Å². The molecule has 1 fully saturated rings. The fraction of sp³-hybridized carbons (Fsp3) is 0.286. The van der Waals surface area contributed by atoms with Crippen LogP contribution in [0.3, 0.4) is 0 Å². The molecule has 8 heteroatoms. The number of ether oxygens (including phenoxy) is 1. The van der Waals surface area contributed by atoms with Crippen molar-refractivity contribution in [2.45, 2.75) is 19.4 Å². The SMILES string of the molecule is Nc1nc2ccc(Oc3ccnc(-c4cnn(CCN5CCCC5)c4)c3)cc2s1. The Labute approximate surface area is 172 Å². The lowest BCUT2D eigenvalue weighted by Crippen LogP contribution is -2.24. The van der Waals surface area contributed by atoms with Crippen LogP contribution in [0.15, 0.2) is 48.9 Å². The number of likely N-dealkylation sites (tertiary alicyclic amines) is 1. The number of aromatic nitrogens is 4. The number of nitrogens with two attached hydrogens (primary N) is 1. The first-order valence-corrected chi connectivity index (χ1v) is 10.6. The second-order valence-corrected chi connectivity index (χ2v) is 8.26. The van der Waals surface area contributed by atoms with Crippen molar-refractivity contribution in [3.63, 3.8) is 0 Å². The highest BCUT2D eigenvalue weighted by Gasteiger charge is 2.12. The number of hydrogen-bond donors (Lipinski definition) is 1. The number of nitrogens with zero attached hydrogens (tertiary/aromatic N) is 5. The molecule has 0 bridgehead atoms. The highest BCUT2D eigenvalue weighted by atomic mass is 32.1. The Morgan fingerprint density at radius 2 is 1.93 bits per heavy atom. The van der Waals surface area contributed by atoms with Crippen LogP contribution in [0, 0.1) is 0 Å². The molecule has 0 amide bonds. The van der Waals surface area contributed by atoms with Crippen molar-refractivity contribution >= 4 is 26.7 Å². The molecule has 1 aliphatic rings. The van der Waals surface area contributed by atoms with Crippen LogP contribution < -0.4 is 10.5 Å². The fourth-order valence-corrected chi connectivity index (χ4v) is 4.39. The zero-order valence-electron chi connectivity index (χ0n) is 16.0. The van der Waals surface area contributed by atoms with E-state index in [0.29, 0.717) is 5.13 Å². The van der Waals surface area contributed by atoms with Crippen LogP contribution in [0.25, 0.3) is 21.5 Å². The van der Waals surface area contributed by atoms with Crippen LogP contribution in [-0.2, 0) is 6.54 Å². The van der Waals surface area contributed by atoms with E-state index in [1.165, 1.54) is 37.3 Å². The monoisotopic (exact) mass is 406 g/mol. The lowest BCUT2D eigenvalue weighted by atomic mass is 10.2. The number of fused-ring (bicyclic) bond motifs is 1. The standard InChI is InChI=1S/C21H22N6OS/c22-21-25-18-4-3-16(12-20(18)29-21)28-17-5-6-23-19(11-17)15-13-24-27(14-15)10-9-26-7-1-2-8-26/h3-6,11-14H,1-2,7-10H2,(H2,22,25). The van der Waals surface area contributed by atoms with Gasteiger partial charge in [0.2, 0.25) is 0 Å². The van der Waals surface area contributed by atoms with Crippen LogP contribution in [0.4, 0.5) is 5.13 Å². The molecular formula is C21H22N6OS. The van der Waals surface area contributed by atoms with E-state index in [-0.39, 0.29) is 0 Å². The molecule has 2 N–H and O–H groups in total. The Kier molecular flexibility index (Phi) is 4.87. The quantitative estimate of drug-likeness (QED) is 0.521. The average molecular weight is 407 g/mol. The molecule has 0 unspecified atom stereocenters. The summed E-state index contributed by atoms with van der Waals surface area (Å²) >= 11 is 1.45. The molecule has 4 aromatic rings. The van der Waals surface area contributed by atoms with Crippen LogP contribution in [0.5, 0.6) is 11.5 Å². The van der Waals surface area contributed by atoms with E-state index >= 15 is 0 Å². The smallest absolute Gasteiger partial charge is 0.181 e. The number of anilines is 1. The molecule has 148 valence electrons. The number of pyridine rings is 1. The van der Waals surface area contributed by atoms with Gasteiger partial charge >= 0.3 is 0 Å². The topological polar surface area (TPSA) is 82.1 Å². The molecule has 1 aliphatic heterocycles. The molecule has 0 spiro atoms. The molecule has 0 atom stereocenters. The van der Waals surface area contributed by atoms with Crippen molar-refractivity contribution < 1.29 is 4.74 Å². The Bertz CT molecular complexity index is 1130. The second-order valence-electron chi connectivity index (χ2n) is 7.20. The summed E-state index contributed by atoms with van der Waals surface area (Å²) < 4.78 is 9.04. The van der Waals surface area contributed by atoms with Crippen molar-refractivity contribution in [3.05, 3.63) is 48.9 Å². The van der Waals surface area contributed by atoms with Gasteiger partial charge in [-0.3, -0.25) is 9.67 Å². The molecule has 4 heterocycles. The molecule has 29 heavy (non-hydrogen) atoms. The van der Waals surface area contributed by atoms with E-state index in [9.17, 15) is 0 Å². The molecule has 1 aromatic carbocycles. The first-order chi connectivity index (χ1) is 14.2. The average Bonchev–Trinajstić information content (AvgIpc) is 3.46. The first kappa shape index (κ1) is 18.1. The first-order valence-electron chi connectivity index (χ1n) is 9.78. The Morgan fingerprint density at radius 1 is 1.07 bits per heavy atom. The Morgan fingerprint density at radius 3 is 2.83 bits per heavy atom. The van der Waals surface area contributed by atoms with Crippen LogP contribution in [0.2, 0.25) is 0 Å². The van der Waals surface area contributed by atoms with Gasteiger partial charge in [0, 0.05) is 36.6 Å². The van der Waals surface area contributed by atoms with Crippen LogP contribution in [-0.4, -0.2) is 44.3 Å². The summed E-state index contributed by atoms with van der Waals surface area (Å²) in [5, 5.41) is 5.06. The lowest BCUT2D eigenvalue weighted by molar-refractivity contribution is 0.316. The second kappa shape index (κ2) is 7.81. The van der Waals surface area contributed by atoms with Gasteiger partial charge in [0.05, 0.1) is 28.7 Å². The zero-order chi connectivity index (χ0) is 19.6. The van der Waals surface area contributed by atoms with Crippen LogP contribution >= 0.6 is 11.3 Å². The molecular weight excluding hydrogens is 384 g/mol. The Balaban J connectivity index is 1.30. The van der Waals surface area contributed by atoms with Gasteiger partial charge in [0.15, 0.2) is 5.13 Å². The van der Waals surface area contributed by atoms with Crippen molar-refractivity contribution in [3.8, 4) is 22.8 Å². The zero-order valence-corrected chi connectivity index (χ0v) is 16.8. The molecule has 0 radical (unpaired) electrons.